The summed E-state index contributed by atoms with van der Waals surface area (Å²) >= 11 is 0. The maximum absolute atomic E-state index is 13.0. The van der Waals surface area contributed by atoms with E-state index >= 15 is 0 Å². The van der Waals surface area contributed by atoms with Gasteiger partial charge in [0.25, 0.3) is 5.91 Å². The van der Waals surface area contributed by atoms with Crippen molar-refractivity contribution >= 4 is 11.8 Å². The highest BCUT2D eigenvalue weighted by Gasteiger charge is 2.37. The number of hydrogen-bond acceptors (Lipinski definition) is 3. The SMILES string of the molecule is Cc1c(C(=O)N2CCCC2C(=O)NC2CC2)cnn1Cc1ccccc1. The zero-order valence-corrected chi connectivity index (χ0v) is 15.0. The van der Waals surface area contributed by atoms with E-state index in [1.807, 2.05) is 41.9 Å². The fourth-order valence-electron chi connectivity index (χ4n) is 3.53. The molecule has 2 fully saturated rings. The molecule has 0 spiro atoms. The summed E-state index contributed by atoms with van der Waals surface area (Å²) in [6.07, 6.45) is 5.34. The molecule has 2 aliphatic rings. The summed E-state index contributed by atoms with van der Waals surface area (Å²) in [5.74, 6) is -0.0945. The van der Waals surface area contributed by atoms with Crippen LogP contribution in [0.15, 0.2) is 36.5 Å². The van der Waals surface area contributed by atoms with Crippen LogP contribution in [-0.4, -0.2) is 45.1 Å². The van der Waals surface area contributed by atoms with Gasteiger partial charge in [0.15, 0.2) is 0 Å². The molecule has 2 amide bonds. The Morgan fingerprint density at radius 3 is 2.69 bits per heavy atom. The van der Waals surface area contributed by atoms with Gasteiger partial charge in [-0.25, -0.2) is 0 Å². The predicted molar refractivity (Wildman–Crippen MR) is 97.7 cm³/mol. The van der Waals surface area contributed by atoms with E-state index in [1.54, 1.807) is 11.1 Å². The number of carbonyl (C=O) groups is 2. The minimum atomic E-state index is -0.347. The Kier molecular flexibility index (Phi) is 4.49. The van der Waals surface area contributed by atoms with E-state index in [9.17, 15) is 9.59 Å². The number of benzene rings is 1. The van der Waals surface area contributed by atoms with E-state index in [4.69, 9.17) is 0 Å². The first-order valence-corrected chi connectivity index (χ1v) is 9.31. The number of likely N-dealkylation sites (tertiary alicyclic amines) is 1. The third-order valence-electron chi connectivity index (χ3n) is 5.25. The summed E-state index contributed by atoms with van der Waals surface area (Å²) in [4.78, 5) is 27.2. The Morgan fingerprint density at radius 1 is 1.19 bits per heavy atom. The number of nitrogens with one attached hydrogen (secondary N) is 1. The molecule has 136 valence electrons. The van der Waals surface area contributed by atoms with E-state index in [0.717, 1.165) is 36.9 Å². The Labute approximate surface area is 153 Å². The van der Waals surface area contributed by atoms with Gasteiger partial charge in [0.05, 0.1) is 18.3 Å². The standard InChI is InChI=1S/C20H24N4O2/c1-14-17(12-21-24(14)13-15-6-3-2-4-7-15)20(26)23-11-5-8-18(23)19(25)22-16-9-10-16/h2-4,6-7,12,16,18H,5,8-11,13H2,1H3,(H,22,25). The quantitative estimate of drug-likeness (QED) is 0.896. The zero-order valence-electron chi connectivity index (χ0n) is 15.0. The van der Waals surface area contributed by atoms with Crippen molar-refractivity contribution in [3.8, 4) is 0 Å². The van der Waals surface area contributed by atoms with E-state index in [0.29, 0.717) is 24.7 Å². The highest BCUT2D eigenvalue weighted by atomic mass is 16.2. The van der Waals surface area contributed by atoms with Gasteiger partial charge in [-0.2, -0.15) is 5.10 Å². The lowest BCUT2D eigenvalue weighted by Crippen LogP contribution is -2.46. The molecular weight excluding hydrogens is 328 g/mol. The smallest absolute Gasteiger partial charge is 0.258 e. The third-order valence-corrected chi connectivity index (χ3v) is 5.25. The van der Waals surface area contributed by atoms with Gasteiger partial charge in [-0.1, -0.05) is 30.3 Å². The van der Waals surface area contributed by atoms with Crippen LogP contribution in [0.3, 0.4) is 0 Å². The fourth-order valence-corrected chi connectivity index (χ4v) is 3.53. The molecule has 6 nitrogen and oxygen atoms in total. The molecule has 1 atom stereocenters. The lowest BCUT2D eigenvalue weighted by atomic mass is 10.1. The second kappa shape index (κ2) is 6.94. The number of hydrogen-bond donors (Lipinski definition) is 1. The van der Waals surface area contributed by atoms with Crippen molar-refractivity contribution in [3.63, 3.8) is 0 Å². The third kappa shape index (κ3) is 3.36. The number of amides is 2. The van der Waals surface area contributed by atoms with Crippen molar-refractivity contribution in [3.05, 3.63) is 53.3 Å². The number of rotatable bonds is 5. The highest BCUT2D eigenvalue weighted by Crippen LogP contribution is 2.24. The number of aromatic nitrogens is 2. The molecule has 2 heterocycles. The van der Waals surface area contributed by atoms with E-state index in [1.165, 1.54) is 0 Å². The van der Waals surface area contributed by atoms with Crippen LogP contribution in [0.2, 0.25) is 0 Å². The molecule has 1 aromatic carbocycles. The first-order chi connectivity index (χ1) is 12.6. The van der Waals surface area contributed by atoms with Crippen LogP contribution in [0, 0.1) is 6.92 Å². The van der Waals surface area contributed by atoms with Crippen molar-refractivity contribution in [1.82, 2.24) is 20.0 Å². The number of nitrogens with zero attached hydrogens (tertiary/aromatic N) is 3. The van der Waals surface area contributed by atoms with E-state index in [2.05, 4.69) is 10.4 Å². The molecule has 26 heavy (non-hydrogen) atoms. The average molecular weight is 352 g/mol. The van der Waals surface area contributed by atoms with E-state index in [-0.39, 0.29) is 17.9 Å². The van der Waals surface area contributed by atoms with Crippen molar-refractivity contribution in [2.45, 2.75) is 51.2 Å². The van der Waals surface area contributed by atoms with Gasteiger partial charge in [-0.05, 0) is 38.2 Å². The van der Waals surface area contributed by atoms with Gasteiger partial charge in [-0.3, -0.25) is 14.3 Å². The van der Waals surface area contributed by atoms with Crippen LogP contribution < -0.4 is 5.32 Å². The van der Waals surface area contributed by atoms with E-state index < -0.39 is 0 Å². The van der Waals surface area contributed by atoms with Crippen LogP contribution in [0.5, 0.6) is 0 Å². The molecule has 2 aromatic rings. The van der Waals surface area contributed by atoms with Gasteiger partial charge >= 0.3 is 0 Å². The molecule has 0 radical (unpaired) electrons. The molecule has 6 heteroatoms. The summed E-state index contributed by atoms with van der Waals surface area (Å²) < 4.78 is 1.85. The molecule has 1 saturated heterocycles. The van der Waals surface area contributed by atoms with Crippen LogP contribution >= 0.6 is 0 Å². The molecule has 1 N–H and O–H groups in total. The molecular formula is C20H24N4O2. The second-order valence-corrected chi connectivity index (χ2v) is 7.23. The fraction of sp³-hybridized carbons (Fsp3) is 0.450. The van der Waals surface area contributed by atoms with Crippen molar-refractivity contribution in [1.29, 1.82) is 0 Å². The monoisotopic (exact) mass is 352 g/mol. The first-order valence-electron chi connectivity index (χ1n) is 9.31. The second-order valence-electron chi connectivity index (χ2n) is 7.23. The van der Waals surface area contributed by atoms with Crippen LogP contribution in [-0.2, 0) is 11.3 Å². The lowest BCUT2D eigenvalue weighted by molar-refractivity contribution is -0.125. The summed E-state index contributed by atoms with van der Waals surface area (Å²) in [7, 11) is 0. The Hall–Kier alpha value is -2.63. The molecule has 1 aliphatic heterocycles. The minimum absolute atomic E-state index is 0.00678. The van der Waals surface area contributed by atoms with Gasteiger partial charge < -0.3 is 10.2 Å². The summed E-state index contributed by atoms with van der Waals surface area (Å²) in [5.41, 5.74) is 2.57. The minimum Gasteiger partial charge on any atom is -0.352 e. The Bertz CT molecular complexity index is 810. The van der Waals surface area contributed by atoms with Crippen LogP contribution in [0.25, 0.3) is 0 Å². The van der Waals surface area contributed by atoms with Crippen LogP contribution in [0.4, 0.5) is 0 Å². The van der Waals surface area contributed by atoms with Crippen molar-refractivity contribution in [2.24, 2.45) is 0 Å². The predicted octanol–water partition coefficient (Wildman–Crippen LogP) is 2.12. The van der Waals surface area contributed by atoms with Crippen molar-refractivity contribution < 1.29 is 9.59 Å². The molecule has 4 rings (SSSR count). The zero-order chi connectivity index (χ0) is 18.1. The largest absolute Gasteiger partial charge is 0.352 e. The maximum atomic E-state index is 13.0. The topological polar surface area (TPSA) is 67.2 Å². The van der Waals surface area contributed by atoms with Gasteiger partial charge in [0, 0.05) is 18.3 Å². The lowest BCUT2D eigenvalue weighted by Gasteiger charge is -2.24. The van der Waals surface area contributed by atoms with Gasteiger partial charge in [0.1, 0.15) is 6.04 Å². The summed E-state index contributed by atoms with van der Waals surface area (Å²) in [6.45, 7) is 3.18. The normalized spacial score (nSPS) is 19.6. The molecule has 1 aromatic heterocycles. The van der Waals surface area contributed by atoms with Crippen molar-refractivity contribution in [2.75, 3.05) is 6.54 Å². The maximum Gasteiger partial charge on any atom is 0.258 e. The number of carbonyl (C=O) groups excluding carboxylic acids is 2. The molecule has 1 unspecified atom stereocenters. The molecule has 1 aliphatic carbocycles. The first kappa shape index (κ1) is 16.8. The Morgan fingerprint density at radius 2 is 1.96 bits per heavy atom. The Balaban J connectivity index is 1.49. The van der Waals surface area contributed by atoms with Gasteiger partial charge in [0.2, 0.25) is 5.91 Å². The van der Waals surface area contributed by atoms with Crippen LogP contribution in [0.1, 0.15) is 47.3 Å². The molecule has 0 bridgehead atoms. The molecule has 1 saturated carbocycles. The summed E-state index contributed by atoms with van der Waals surface area (Å²) in [6, 6.07) is 10.0. The summed E-state index contributed by atoms with van der Waals surface area (Å²) in [5, 5.41) is 7.43. The average Bonchev–Trinajstić information content (AvgIpc) is 3.19. The van der Waals surface area contributed by atoms with Gasteiger partial charge in [-0.15, -0.1) is 0 Å². The highest BCUT2D eigenvalue weighted by molar-refractivity contribution is 5.98.